The molecular weight excluding hydrogens is 269 g/mol. The molecule has 0 amide bonds. The Hall–Kier alpha value is -0.700. The Balaban J connectivity index is 2.57. The van der Waals surface area contributed by atoms with Gasteiger partial charge in [-0.2, -0.15) is 13.2 Å². The van der Waals surface area contributed by atoms with Gasteiger partial charge in [-0.05, 0) is 7.05 Å². The van der Waals surface area contributed by atoms with Crippen molar-refractivity contribution < 1.29 is 22.6 Å². The standard InChI is InChI=1S/C10H15F3N2O2S/c1-14-7(6-17-4-3-16-2)8-5-15-9(18-8)10(11,12)13/h5,7,14H,3-4,6H2,1-2H3. The highest BCUT2D eigenvalue weighted by Crippen LogP contribution is 2.34. The minimum Gasteiger partial charge on any atom is -0.382 e. The lowest BCUT2D eigenvalue weighted by atomic mass is 10.3. The Kier molecular flexibility index (Phi) is 6.00. The number of likely N-dealkylation sites (N-methyl/N-ethyl adjacent to an activating group) is 1. The molecule has 1 heterocycles. The third-order valence-electron chi connectivity index (χ3n) is 2.17. The van der Waals surface area contributed by atoms with Gasteiger partial charge in [0, 0.05) is 18.2 Å². The lowest BCUT2D eigenvalue weighted by molar-refractivity contribution is -0.137. The number of halogens is 3. The predicted molar refractivity (Wildman–Crippen MR) is 61.6 cm³/mol. The molecule has 0 bridgehead atoms. The van der Waals surface area contributed by atoms with Gasteiger partial charge in [-0.1, -0.05) is 0 Å². The number of nitrogens with zero attached hydrogens (tertiary/aromatic N) is 1. The molecule has 0 aromatic carbocycles. The molecule has 0 aliphatic rings. The van der Waals surface area contributed by atoms with E-state index in [2.05, 4.69) is 10.3 Å². The summed E-state index contributed by atoms with van der Waals surface area (Å²) < 4.78 is 47.3. The van der Waals surface area contributed by atoms with E-state index in [0.29, 0.717) is 29.4 Å². The fourth-order valence-electron chi connectivity index (χ4n) is 1.23. The molecule has 1 atom stereocenters. The van der Waals surface area contributed by atoms with Crippen molar-refractivity contribution in [2.24, 2.45) is 0 Å². The first-order valence-corrected chi connectivity index (χ1v) is 6.07. The van der Waals surface area contributed by atoms with Gasteiger partial charge in [-0.3, -0.25) is 0 Å². The second-order valence-corrected chi connectivity index (χ2v) is 4.54. The summed E-state index contributed by atoms with van der Waals surface area (Å²) in [5.41, 5.74) is 0. The number of aromatic nitrogens is 1. The van der Waals surface area contributed by atoms with Gasteiger partial charge in [-0.15, -0.1) is 11.3 Å². The average Bonchev–Trinajstić information content (AvgIpc) is 2.78. The van der Waals surface area contributed by atoms with E-state index in [1.165, 1.54) is 6.20 Å². The van der Waals surface area contributed by atoms with Crippen LogP contribution in [0.3, 0.4) is 0 Å². The van der Waals surface area contributed by atoms with Crippen molar-refractivity contribution in [3.63, 3.8) is 0 Å². The molecule has 4 nitrogen and oxygen atoms in total. The monoisotopic (exact) mass is 284 g/mol. The predicted octanol–water partition coefficient (Wildman–Crippen LogP) is 2.09. The maximum absolute atomic E-state index is 12.4. The van der Waals surface area contributed by atoms with Crippen LogP contribution < -0.4 is 5.32 Å². The number of nitrogens with one attached hydrogen (secondary N) is 1. The van der Waals surface area contributed by atoms with Crippen LogP contribution in [0.25, 0.3) is 0 Å². The van der Waals surface area contributed by atoms with Crippen LogP contribution in [0, 0.1) is 0 Å². The van der Waals surface area contributed by atoms with Crippen LogP contribution in [-0.4, -0.2) is 39.0 Å². The maximum Gasteiger partial charge on any atom is 0.443 e. The molecule has 18 heavy (non-hydrogen) atoms. The van der Waals surface area contributed by atoms with Crippen LogP contribution in [0.4, 0.5) is 13.2 Å². The molecule has 0 aliphatic carbocycles. The van der Waals surface area contributed by atoms with E-state index >= 15 is 0 Å². The highest BCUT2D eigenvalue weighted by atomic mass is 32.1. The van der Waals surface area contributed by atoms with Gasteiger partial charge in [0.05, 0.1) is 25.9 Å². The van der Waals surface area contributed by atoms with Gasteiger partial charge in [0.2, 0.25) is 0 Å². The molecule has 1 N–H and O–H groups in total. The van der Waals surface area contributed by atoms with Crippen molar-refractivity contribution in [2.75, 3.05) is 34.0 Å². The highest BCUT2D eigenvalue weighted by Gasteiger charge is 2.35. The molecule has 0 spiro atoms. The smallest absolute Gasteiger partial charge is 0.382 e. The Labute approximate surface area is 107 Å². The van der Waals surface area contributed by atoms with Crippen molar-refractivity contribution in [1.29, 1.82) is 0 Å². The van der Waals surface area contributed by atoms with Crippen LogP contribution >= 0.6 is 11.3 Å². The quantitative estimate of drug-likeness (QED) is 0.779. The molecular formula is C10H15F3N2O2S. The average molecular weight is 284 g/mol. The summed E-state index contributed by atoms with van der Waals surface area (Å²) in [7, 11) is 3.22. The van der Waals surface area contributed by atoms with Crippen molar-refractivity contribution in [1.82, 2.24) is 10.3 Å². The maximum atomic E-state index is 12.4. The number of thiazole rings is 1. The lowest BCUT2D eigenvalue weighted by Gasteiger charge is -2.14. The Morgan fingerprint density at radius 1 is 1.44 bits per heavy atom. The Bertz CT molecular complexity index is 357. The molecule has 104 valence electrons. The number of rotatable bonds is 7. The van der Waals surface area contributed by atoms with Crippen molar-refractivity contribution in [3.8, 4) is 0 Å². The first kappa shape index (κ1) is 15.4. The number of methoxy groups -OCH3 is 1. The van der Waals surface area contributed by atoms with Crippen LogP contribution in [0.1, 0.15) is 15.9 Å². The summed E-state index contributed by atoms with van der Waals surface area (Å²) in [6.07, 6.45) is -3.16. The third-order valence-corrected chi connectivity index (χ3v) is 3.33. The SMILES string of the molecule is CNC(COCCOC)c1cnc(C(F)(F)F)s1. The minimum absolute atomic E-state index is 0.277. The van der Waals surface area contributed by atoms with Crippen molar-refractivity contribution >= 4 is 11.3 Å². The summed E-state index contributed by atoms with van der Waals surface area (Å²) in [6, 6.07) is -0.296. The van der Waals surface area contributed by atoms with Crippen molar-refractivity contribution in [3.05, 3.63) is 16.1 Å². The molecule has 0 fully saturated rings. The van der Waals surface area contributed by atoms with Gasteiger partial charge in [0.15, 0.2) is 5.01 Å². The van der Waals surface area contributed by atoms with E-state index < -0.39 is 11.2 Å². The lowest BCUT2D eigenvalue weighted by Crippen LogP contribution is -2.21. The second-order valence-electron chi connectivity index (χ2n) is 3.47. The Morgan fingerprint density at radius 2 is 2.17 bits per heavy atom. The molecule has 0 aliphatic heterocycles. The van der Waals surface area contributed by atoms with Gasteiger partial charge in [0.25, 0.3) is 0 Å². The van der Waals surface area contributed by atoms with E-state index in [1.54, 1.807) is 14.2 Å². The second kappa shape index (κ2) is 7.03. The van der Waals surface area contributed by atoms with Gasteiger partial charge >= 0.3 is 6.18 Å². The summed E-state index contributed by atoms with van der Waals surface area (Å²) in [5.74, 6) is 0. The van der Waals surface area contributed by atoms with E-state index in [-0.39, 0.29) is 12.6 Å². The number of ether oxygens (including phenoxy) is 2. The summed E-state index contributed by atoms with van der Waals surface area (Å²) in [4.78, 5) is 3.88. The summed E-state index contributed by atoms with van der Waals surface area (Å²) in [6.45, 7) is 1.13. The zero-order chi connectivity index (χ0) is 13.6. The first-order chi connectivity index (χ1) is 8.49. The summed E-state index contributed by atoms with van der Waals surface area (Å²) in [5, 5.41) is 2.06. The molecule has 1 aromatic heterocycles. The van der Waals surface area contributed by atoms with Crippen LogP contribution in [-0.2, 0) is 15.7 Å². The number of hydrogen-bond acceptors (Lipinski definition) is 5. The molecule has 8 heteroatoms. The van der Waals surface area contributed by atoms with E-state index in [0.717, 1.165) is 0 Å². The van der Waals surface area contributed by atoms with Crippen LogP contribution in [0.2, 0.25) is 0 Å². The summed E-state index contributed by atoms with van der Waals surface area (Å²) >= 11 is 0.626. The fraction of sp³-hybridized carbons (Fsp3) is 0.700. The zero-order valence-electron chi connectivity index (χ0n) is 10.1. The van der Waals surface area contributed by atoms with Gasteiger partial charge in [0.1, 0.15) is 0 Å². The zero-order valence-corrected chi connectivity index (χ0v) is 10.9. The highest BCUT2D eigenvalue weighted by molar-refractivity contribution is 7.11. The first-order valence-electron chi connectivity index (χ1n) is 5.26. The normalized spacial score (nSPS) is 13.8. The van der Waals surface area contributed by atoms with Crippen LogP contribution in [0.5, 0.6) is 0 Å². The van der Waals surface area contributed by atoms with E-state index in [4.69, 9.17) is 9.47 Å². The largest absolute Gasteiger partial charge is 0.443 e. The molecule has 1 aromatic rings. The third kappa shape index (κ3) is 4.52. The Morgan fingerprint density at radius 3 is 2.67 bits per heavy atom. The van der Waals surface area contributed by atoms with Gasteiger partial charge in [-0.25, -0.2) is 4.98 Å². The fourth-order valence-corrected chi connectivity index (χ4v) is 2.11. The molecule has 0 radical (unpaired) electrons. The topological polar surface area (TPSA) is 43.4 Å². The molecule has 1 rings (SSSR count). The van der Waals surface area contributed by atoms with Gasteiger partial charge < -0.3 is 14.8 Å². The molecule has 1 unspecified atom stereocenters. The molecule has 0 saturated carbocycles. The number of hydrogen-bond donors (Lipinski definition) is 1. The molecule has 0 saturated heterocycles. The van der Waals surface area contributed by atoms with E-state index in [9.17, 15) is 13.2 Å². The van der Waals surface area contributed by atoms with E-state index in [1.807, 2.05) is 0 Å². The van der Waals surface area contributed by atoms with Crippen LogP contribution in [0.15, 0.2) is 6.20 Å². The minimum atomic E-state index is -4.39. The van der Waals surface area contributed by atoms with Crippen molar-refractivity contribution in [2.45, 2.75) is 12.2 Å². The number of alkyl halides is 3.